The Labute approximate surface area is 193 Å². The summed E-state index contributed by atoms with van der Waals surface area (Å²) in [6.07, 6.45) is 2.86. The Balaban J connectivity index is 1.38. The molecule has 172 valence electrons. The Bertz CT molecular complexity index is 1150. The molecule has 0 atom stereocenters. The first kappa shape index (κ1) is 23.0. The topological polar surface area (TPSA) is 105 Å². The second-order valence-electron chi connectivity index (χ2n) is 8.07. The molecule has 0 radical (unpaired) electrons. The number of thiazole rings is 1. The number of anilines is 2. The van der Waals surface area contributed by atoms with Gasteiger partial charge in [0.2, 0.25) is 5.78 Å². The van der Waals surface area contributed by atoms with Gasteiger partial charge in [-0.05, 0) is 43.4 Å². The van der Waals surface area contributed by atoms with Crippen LogP contribution >= 0.6 is 11.3 Å². The van der Waals surface area contributed by atoms with Gasteiger partial charge in [0.15, 0.2) is 10.9 Å². The summed E-state index contributed by atoms with van der Waals surface area (Å²) in [7, 11) is 0. The SMILES string of the molecule is Nc1nc(NC2CCC(C(=O)c3ccc(CO)cc3)CC2)sc1C(=O)c1c(F)cccc1F. The first-order chi connectivity index (χ1) is 15.9. The van der Waals surface area contributed by atoms with Gasteiger partial charge in [-0.3, -0.25) is 9.59 Å². The van der Waals surface area contributed by atoms with Gasteiger partial charge in [0.05, 0.1) is 12.2 Å². The Morgan fingerprint density at radius 3 is 2.30 bits per heavy atom. The van der Waals surface area contributed by atoms with Crippen LogP contribution in [0, 0.1) is 17.6 Å². The molecule has 9 heteroatoms. The van der Waals surface area contributed by atoms with Crippen LogP contribution in [0.5, 0.6) is 0 Å². The zero-order valence-corrected chi connectivity index (χ0v) is 18.5. The molecule has 0 bridgehead atoms. The van der Waals surface area contributed by atoms with Crippen LogP contribution in [0.25, 0.3) is 0 Å². The van der Waals surface area contributed by atoms with E-state index in [0.29, 0.717) is 23.5 Å². The molecule has 0 spiro atoms. The number of rotatable bonds is 7. The third-order valence-electron chi connectivity index (χ3n) is 5.90. The lowest BCUT2D eigenvalue weighted by atomic mass is 9.81. The van der Waals surface area contributed by atoms with E-state index in [1.165, 1.54) is 6.07 Å². The Kier molecular flexibility index (Phi) is 6.80. The number of aliphatic hydroxyl groups excluding tert-OH is 1. The Hall–Kier alpha value is -3.17. The van der Waals surface area contributed by atoms with Gasteiger partial charge in [-0.1, -0.05) is 41.7 Å². The predicted octanol–water partition coefficient (Wildman–Crippen LogP) is 4.58. The summed E-state index contributed by atoms with van der Waals surface area (Å²) in [6.45, 7) is -0.0605. The summed E-state index contributed by atoms with van der Waals surface area (Å²) >= 11 is 0.963. The van der Waals surface area contributed by atoms with Crippen LogP contribution in [0.4, 0.5) is 19.7 Å². The van der Waals surface area contributed by atoms with E-state index in [4.69, 9.17) is 10.8 Å². The van der Waals surface area contributed by atoms with Crippen LogP contribution in [0.15, 0.2) is 42.5 Å². The van der Waals surface area contributed by atoms with Gasteiger partial charge >= 0.3 is 0 Å². The normalized spacial score (nSPS) is 18.2. The number of halogens is 2. The molecule has 1 aliphatic carbocycles. The summed E-state index contributed by atoms with van der Waals surface area (Å²) < 4.78 is 28.0. The number of benzene rings is 2. The second kappa shape index (κ2) is 9.76. The minimum atomic E-state index is -0.948. The smallest absolute Gasteiger partial charge is 0.212 e. The lowest BCUT2D eigenvalue weighted by molar-refractivity contribution is 0.0886. The first-order valence-corrected chi connectivity index (χ1v) is 11.4. The number of carbonyl (C=O) groups excluding carboxylic acids is 2. The van der Waals surface area contributed by atoms with Crippen LogP contribution in [-0.4, -0.2) is 27.7 Å². The number of ketones is 2. The molecule has 33 heavy (non-hydrogen) atoms. The molecule has 3 aromatic rings. The molecule has 1 heterocycles. The van der Waals surface area contributed by atoms with Gasteiger partial charge in [0.1, 0.15) is 22.3 Å². The van der Waals surface area contributed by atoms with Crippen LogP contribution in [-0.2, 0) is 6.61 Å². The molecule has 1 aliphatic rings. The van der Waals surface area contributed by atoms with Crippen molar-refractivity contribution in [3.05, 3.63) is 75.7 Å². The van der Waals surface area contributed by atoms with Gasteiger partial charge in [-0.15, -0.1) is 0 Å². The molecule has 1 aromatic heterocycles. The Morgan fingerprint density at radius 1 is 1.06 bits per heavy atom. The van der Waals surface area contributed by atoms with E-state index in [1.54, 1.807) is 24.3 Å². The minimum absolute atomic E-state index is 0.0170. The maximum Gasteiger partial charge on any atom is 0.212 e. The largest absolute Gasteiger partial charge is 0.392 e. The fourth-order valence-corrected chi connectivity index (χ4v) is 4.98. The molecular weight excluding hydrogens is 448 g/mol. The summed E-state index contributed by atoms with van der Waals surface area (Å²) in [4.78, 5) is 29.6. The fourth-order valence-electron chi connectivity index (χ4n) is 4.07. The minimum Gasteiger partial charge on any atom is -0.392 e. The van der Waals surface area contributed by atoms with Crippen molar-refractivity contribution in [2.24, 2.45) is 5.92 Å². The lowest BCUT2D eigenvalue weighted by Crippen LogP contribution is -2.29. The molecule has 1 saturated carbocycles. The molecule has 6 nitrogen and oxygen atoms in total. The lowest BCUT2D eigenvalue weighted by Gasteiger charge is -2.28. The van der Waals surface area contributed by atoms with Crippen LogP contribution < -0.4 is 11.1 Å². The zero-order valence-electron chi connectivity index (χ0n) is 17.7. The van der Waals surface area contributed by atoms with Gasteiger partial charge in [0.25, 0.3) is 0 Å². The fraction of sp³-hybridized carbons (Fsp3) is 0.292. The maximum absolute atomic E-state index is 14.0. The standard InChI is InChI=1S/C24H23F2N3O3S/c25-17-2-1-3-18(26)19(17)21(32)22-23(27)29-24(33-22)28-16-10-8-15(9-11-16)20(31)14-6-4-13(12-30)5-7-14/h1-7,15-16,30H,8-12,27H2,(H,28,29). The first-order valence-electron chi connectivity index (χ1n) is 10.6. The summed E-state index contributed by atoms with van der Waals surface area (Å²) in [5.41, 5.74) is 6.62. The van der Waals surface area contributed by atoms with E-state index in [9.17, 15) is 18.4 Å². The molecule has 0 aliphatic heterocycles. The van der Waals surface area contributed by atoms with E-state index >= 15 is 0 Å². The zero-order chi connectivity index (χ0) is 23.5. The van der Waals surface area contributed by atoms with E-state index in [0.717, 1.165) is 41.9 Å². The number of carbonyl (C=O) groups is 2. The number of Topliss-reactive ketones (excluding diaryl/α,β-unsaturated/α-hetero) is 1. The summed E-state index contributed by atoms with van der Waals surface area (Å²) in [5.74, 6) is -2.80. The van der Waals surface area contributed by atoms with Crippen molar-refractivity contribution >= 4 is 33.9 Å². The van der Waals surface area contributed by atoms with E-state index in [2.05, 4.69) is 10.3 Å². The highest BCUT2D eigenvalue weighted by atomic mass is 32.1. The number of nitrogens with one attached hydrogen (secondary N) is 1. The highest BCUT2D eigenvalue weighted by Gasteiger charge is 2.29. The number of hydrogen-bond acceptors (Lipinski definition) is 7. The van der Waals surface area contributed by atoms with Gasteiger partial charge < -0.3 is 16.2 Å². The van der Waals surface area contributed by atoms with Crippen molar-refractivity contribution < 1.29 is 23.5 Å². The third kappa shape index (κ3) is 4.94. The number of nitrogens with zero attached hydrogens (tertiary/aromatic N) is 1. The number of hydrogen-bond donors (Lipinski definition) is 3. The highest BCUT2D eigenvalue weighted by molar-refractivity contribution is 7.18. The van der Waals surface area contributed by atoms with Crippen LogP contribution in [0.2, 0.25) is 0 Å². The second-order valence-corrected chi connectivity index (χ2v) is 9.07. The predicted molar refractivity (Wildman–Crippen MR) is 122 cm³/mol. The number of nitrogens with two attached hydrogens (primary N) is 1. The van der Waals surface area contributed by atoms with Crippen molar-refractivity contribution in [2.45, 2.75) is 38.3 Å². The van der Waals surface area contributed by atoms with Crippen LogP contribution in [0.1, 0.15) is 56.8 Å². The van der Waals surface area contributed by atoms with Crippen molar-refractivity contribution in [2.75, 3.05) is 11.1 Å². The molecular formula is C24H23F2N3O3S. The average Bonchev–Trinajstić information content (AvgIpc) is 3.18. The van der Waals surface area contributed by atoms with Gasteiger partial charge in [-0.25, -0.2) is 13.8 Å². The Morgan fingerprint density at radius 2 is 1.70 bits per heavy atom. The van der Waals surface area contributed by atoms with Crippen molar-refractivity contribution in [3.8, 4) is 0 Å². The van der Waals surface area contributed by atoms with Crippen LogP contribution in [0.3, 0.4) is 0 Å². The highest BCUT2D eigenvalue weighted by Crippen LogP contribution is 2.33. The summed E-state index contributed by atoms with van der Waals surface area (Å²) in [6, 6.07) is 10.3. The monoisotopic (exact) mass is 471 g/mol. The van der Waals surface area contributed by atoms with Crippen molar-refractivity contribution in [1.29, 1.82) is 0 Å². The molecule has 4 N–H and O–H groups in total. The van der Waals surface area contributed by atoms with Gasteiger partial charge in [0, 0.05) is 17.5 Å². The molecule has 0 amide bonds. The van der Waals surface area contributed by atoms with Gasteiger partial charge in [-0.2, -0.15) is 0 Å². The number of aromatic nitrogens is 1. The number of nitrogen functional groups attached to an aromatic ring is 1. The van der Waals surface area contributed by atoms with E-state index in [-0.39, 0.29) is 35.0 Å². The van der Waals surface area contributed by atoms with E-state index < -0.39 is 23.0 Å². The van der Waals surface area contributed by atoms with Crippen molar-refractivity contribution in [1.82, 2.24) is 4.98 Å². The molecule has 0 unspecified atom stereocenters. The molecule has 0 saturated heterocycles. The quantitative estimate of drug-likeness (QED) is 0.436. The average molecular weight is 472 g/mol. The molecule has 4 rings (SSSR count). The third-order valence-corrected chi connectivity index (χ3v) is 6.90. The van der Waals surface area contributed by atoms with Crippen molar-refractivity contribution in [3.63, 3.8) is 0 Å². The molecule has 1 fully saturated rings. The maximum atomic E-state index is 14.0. The summed E-state index contributed by atoms with van der Waals surface area (Å²) in [5, 5.41) is 12.8. The molecule has 2 aromatic carbocycles. The van der Waals surface area contributed by atoms with E-state index in [1.807, 2.05) is 0 Å². The number of aliphatic hydroxyl groups is 1.